The van der Waals surface area contributed by atoms with Crippen LogP contribution in [0, 0.1) is 0 Å². The van der Waals surface area contributed by atoms with Crippen LogP contribution in [-0.4, -0.2) is 21.9 Å². The van der Waals surface area contributed by atoms with E-state index in [0.29, 0.717) is 23.0 Å². The molecule has 0 fully saturated rings. The highest BCUT2D eigenvalue weighted by Gasteiger charge is 2.16. The third-order valence-corrected chi connectivity index (χ3v) is 4.57. The molecule has 0 spiro atoms. The molecule has 1 amide bonds. The van der Waals surface area contributed by atoms with Crippen LogP contribution >= 0.6 is 11.8 Å². The van der Waals surface area contributed by atoms with Crippen molar-refractivity contribution in [1.82, 2.24) is 9.78 Å². The van der Waals surface area contributed by atoms with Crippen LogP contribution in [0.5, 0.6) is 0 Å². The number of hydrogen-bond acceptors (Lipinski definition) is 4. The number of aryl methyl sites for hydroxylation is 1. The molecular formula is C19H19N3O2S. The van der Waals surface area contributed by atoms with E-state index in [2.05, 4.69) is 10.4 Å². The van der Waals surface area contributed by atoms with E-state index in [4.69, 9.17) is 0 Å². The summed E-state index contributed by atoms with van der Waals surface area (Å²) >= 11 is 1.61. The molecule has 5 nitrogen and oxygen atoms in total. The summed E-state index contributed by atoms with van der Waals surface area (Å²) in [6.45, 7) is 2.45. The average Bonchev–Trinajstić information content (AvgIpc) is 2.64. The molecule has 0 radical (unpaired) electrons. The second-order valence-electron chi connectivity index (χ2n) is 5.61. The molecule has 0 unspecified atom stereocenters. The number of carbonyl (C=O) groups is 1. The van der Waals surface area contributed by atoms with Crippen LogP contribution in [0.2, 0.25) is 0 Å². The molecule has 3 aromatic rings. The molecule has 0 saturated heterocycles. The van der Waals surface area contributed by atoms with E-state index in [1.54, 1.807) is 36.0 Å². The minimum absolute atomic E-state index is 0.168. The van der Waals surface area contributed by atoms with Crippen molar-refractivity contribution in [3.8, 4) is 0 Å². The molecule has 0 bridgehead atoms. The first kappa shape index (κ1) is 17.2. The van der Waals surface area contributed by atoms with Gasteiger partial charge in [-0.2, -0.15) is 5.10 Å². The Bertz CT molecular complexity index is 982. The molecule has 2 aromatic carbocycles. The number of anilines is 1. The van der Waals surface area contributed by atoms with Gasteiger partial charge in [-0.15, -0.1) is 11.8 Å². The normalized spacial score (nSPS) is 10.8. The van der Waals surface area contributed by atoms with E-state index in [-0.39, 0.29) is 17.2 Å². The molecule has 0 aliphatic rings. The maximum Gasteiger partial charge on any atom is 0.276 e. The zero-order valence-electron chi connectivity index (χ0n) is 14.2. The quantitative estimate of drug-likeness (QED) is 0.709. The zero-order chi connectivity index (χ0) is 17.8. The number of nitrogens with zero attached hydrogens (tertiary/aromatic N) is 2. The molecule has 0 aliphatic carbocycles. The maximum absolute atomic E-state index is 12.8. The lowest BCUT2D eigenvalue weighted by molar-refractivity contribution is 0.102. The molecular weight excluding hydrogens is 334 g/mol. The van der Waals surface area contributed by atoms with E-state index in [1.807, 2.05) is 37.4 Å². The van der Waals surface area contributed by atoms with E-state index >= 15 is 0 Å². The summed E-state index contributed by atoms with van der Waals surface area (Å²) in [4.78, 5) is 26.4. The third kappa shape index (κ3) is 3.58. The van der Waals surface area contributed by atoms with Crippen molar-refractivity contribution in [3.05, 3.63) is 64.6 Å². The van der Waals surface area contributed by atoms with Crippen molar-refractivity contribution < 1.29 is 4.79 Å². The molecule has 128 valence electrons. The number of aromatic nitrogens is 2. The lowest BCUT2D eigenvalue weighted by atomic mass is 10.1. The molecule has 0 aliphatic heterocycles. The monoisotopic (exact) mass is 353 g/mol. The number of amides is 1. The number of hydrogen-bond donors (Lipinski definition) is 1. The predicted octanol–water partition coefficient (Wildman–Crippen LogP) is 3.78. The van der Waals surface area contributed by atoms with Crippen molar-refractivity contribution in [2.45, 2.75) is 24.8 Å². The number of benzene rings is 2. The summed E-state index contributed by atoms with van der Waals surface area (Å²) in [5, 5.41) is 8.28. The van der Waals surface area contributed by atoms with Gasteiger partial charge >= 0.3 is 0 Å². The van der Waals surface area contributed by atoms with Crippen LogP contribution in [0.1, 0.15) is 23.8 Å². The van der Waals surface area contributed by atoms with Gasteiger partial charge in [0.2, 0.25) is 0 Å². The summed E-state index contributed by atoms with van der Waals surface area (Å²) in [7, 11) is 0. The molecule has 1 aromatic heterocycles. The van der Waals surface area contributed by atoms with Gasteiger partial charge in [-0.05, 0) is 36.9 Å². The maximum atomic E-state index is 12.8. The summed E-state index contributed by atoms with van der Waals surface area (Å²) in [5.41, 5.74) is 0.799. The van der Waals surface area contributed by atoms with Gasteiger partial charge in [0.1, 0.15) is 0 Å². The van der Waals surface area contributed by atoms with Gasteiger partial charge in [0, 0.05) is 22.5 Å². The predicted molar refractivity (Wildman–Crippen MR) is 102 cm³/mol. The van der Waals surface area contributed by atoms with Gasteiger partial charge < -0.3 is 5.32 Å². The van der Waals surface area contributed by atoms with Crippen LogP contribution in [-0.2, 0) is 6.54 Å². The fraction of sp³-hybridized carbons (Fsp3) is 0.211. The highest BCUT2D eigenvalue weighted by atomic mass is 32.2. The van der Waals surface area contributed by atoms with Crippen molar-refractivity contribution in [1.29, 1.82) is 0 Å². The first-order valence-electron chi connectivity index (χ1n) is 8.09. The fourth-order valence-electron chi connectivity index (χ4n) is 2.66. The number of nitrogens with one attached hydrogen (secondary N) is 1. The molecule has 3 rings (SSSR count). The van der Waals surface area contributed by atoms with Crippen molar-refractivity contribution >= 4 is 34.1 Å². The number of fused-ring (bicyclic) bond motifs is 1. The van der Waals surface area contributed by atoms with Crippen LogP contribution in [0.15, 0.2) is 58.2 Å². The van der Waals surface area contributed by atoms with E-state index < -0.39 is 0 Å². The topological polar surface area (TPSA) is 64.0 Å². The Morgan fingerprint density at radius 3 is 2.64 bits per heavy atom. The lowest BCUT2D eigenvalue weighted by Gasteiger charge is -2.11. The second kappa shape index (κ2) is 7.53. The second-order valence-corrected chi connectivity index (χ2v) is 6.49. The smallest absolute Gasteiger partial charge is 0.276 e. The van der Waals surface area contributed by atoms with Gasteiger partial charge in [-0.3, -0.25) is 9.59 Å². The third-order valence-electron chi connectivity index (χ3n) is 3.85. The average molecular weight is 353 g/mol. The Balaban J connectivity index is 2.05. The van der Waals surface area contributed by atoms with E-state index in [0.717, 1.165) is 11.3 Å². The van der Waals surface area contributed by atoms with Gasteiger partial charge in [-0.25, -0.2) is 4.68 Å². The molecule has 6 heteroatoms. The summed E-state index contributed by atoms with van der Waals surface area (Å²) < 4.78 is 1.37. The first-order chi connectivity index (χ1) is 12.1. The van der Waals surface area contributed by atoms with Gasteiger partial charge in [-0.1, -0.05) is 31.2 Å². The number of thioether (sulfide) groups is 1. The van der Waals surface area contributed by atoms with Gasteiger partial charge in [0.05, 0.1) is 5.39 Å². The Hall–Kier alpha value is -2.60. The van der Waals surface area contributed by atoms with Crippen molar-refractivity contribution in [2.24, 2.45) is 0 Å². The van der Waals surface area contributed by atoms with Gasteiger partial charge in [0.25, 0.3) is 11.5 Å². The van der Waals surface area contributed by atoms with Crippen LogP contribution < -0.4 is 10.9 Å². The summed E-state index contributed by atoms with van der Waals surface area (Å²) in [6.07, 6.45) is 2.75. The van der Waals surface area contributed by atoms with E-state index in [1.165, 1.54) is 4.68 Å². The molecule has 1 heterocycles. The van der Waals surface area contributed by atoms with Crippen LogP contribution in [0.4, 0.5) is 5.69 Å². The zero-order valence-corrected chi connectivity index (χ0v) is 15.0. The molecule has 1 N–H and O–H groups in total. The lowest BCUT2D eigenvalue weighted by Crippen LogP contribution is -2.27. The highest BCUT2D eigenvalue weighted by Crippen LogP contribution is 2.20. The van der Waals surface area contributed by atoms with Crippen LogP contribution in [0.25, 0.3) is 10.8 Å². The number of carbonyl (C=O) groups excluding carboxylic acids is 1. The van der Waals surface area contributed by atoms with Crippen molar-refractivity contribution in [3.63, 3.8) is 0 Å². The largest absolute Gasteiger partial charge is 0.321 e. The summed E-state index contributed by atoms with van der Waals surface area (Å²) in [6, 6.07) is 14.7. The van der Waals surface area contributed by atoms with E-state index in [9.17, 15) is 9.59 Å². The molecule has 0 atom stereocenters. The Labute approximate surface area is 150 Å². The molecule has 25 heavy (non-hydrogen) atoms. The summed E-state index contributed by atoms with van der Waals surface area (Å²) in [5.74, 6) is -0.320. The van der Waals surface area contributed by atoms with Gasteiger partial charge in [0.15, 0.2) is 5.69 Å². The standard InChI is InChI=1S/C19H19N3O2S/c1-3-11-22-19(24)16-10-5-4-9-15(16)17(21-22)18(23)20-13-7-6-8-14(12-13)25-2/h4-10,12H,3,11H2,1-2H3,(H,20,23). The minimum atomic E-state index is -0.320. The first-order valence-corrected chi connectivity index (χ1v) is 9.31. The number of rotatable bonds is 5. The Morgan fingerprint density at radius 1 is 1.16 bits per heavy atom. The Morgan fingerprint density at radius 2 is 1.92 bits per heavy atom. The fourth-order valence-corrected chi connectivity index (χ4v) is 3.12. The SMILES string of the molecule is CCCn1nc(C(=O)Nc2cccc(SC)c2)c2ccccc2c1=O. The van der Waals surface area contributed by atoms with Crippen molar-refractivity contribution in [2.75, 3.05) is 11.6 Å². The molecule has 0 saturated carbocycles. The highest BCUT2D eigenvalue weighted by molar-refractivity contribution is 7.98. The minimum Gasteiger partial charge on any atom is -0.321 e. The van der Waals surface area contributed by atoms with Crippen LogP contribution in [0.3, 0.4) is 0 Å². The Kier molecular flexibility index (Phi) is 5.19.